The zero-order valence-electron chi connectivity index (χ0n) is 11.2. The Morgan fingerprint density at radius 3 is 2.73 bits per heavy atom. The molecule has 4 nitrogen and oxygen atoms in total. The lowest BCUT2D eigenvalue weighted by atomic mass is 10.2. The lowest BCUT2D eigenvalue weighted by molar-refractivity contribution is -0.140. The highest BCUT2D eigenvalue weighted by Crippen LogP contribution is 2.31. The fourth-order valence-corrected chi connectivity index (χ4v) is 2.14. The van der Waals surface area contributed by atoms with Crippen LogP contribution in [0.5, 0.6) is 0 Å². The Morgan fingerprint density at radius 2 is 2.05 bits per heavy atom. The summed E-state index contributed by atoms with van der Waals surface area (Å²) in [6.07, 6.45) is -2.90. The molecule has 22 heavy (non-hydrogen) atoms. The van der Waals surface area contributed by atoms with Gasteiger partial charge in [0.1, 0.15) is 11.5 Å². The first kappa shape index (κ1) is 14.2. The zero-order valence-corrected chi connectivity index (χ0v) is 11.2. The number of fused-ring (bicyclic) bond motifs is 1. The monoisotopic (exact) mass is 308 g/mol. The quantitative estimate of drug-likeness (QED) is 0.769. The third-order valence-corrected chi connectivity index (χ3v) is 3.12. The van der Waals surface area contributed by atoms with Gasteiger partial charge in [0.25, 0.3) is 0 Å². The maximum atomic E-state index is 12.6. The fraction of sp³-hybridized carbons (Fsp3) is 0.133. The van der Waals surface area contributed by atoms with Crippen LogP contribution in [0.2, 0.25) is 0 Å². The molecule has 3 aromatic rings. The number of carbonyl (C=O) groups excluding carboxylic acids is 1. The summed E-state index contributed by atoms with van der Waals surface area (Å²) in [5, 5.41) is 3.00. The average Bonchev–Trinajstić information content (AvgIpc) is 3.06. The van der Waals surface area contributed by atoms with Crippen LogP contribution >= 0.6 is 0 Å². The van der Waals surface area contributed by atoms with Crippen molar-refractivity contribution in [2.75, 3.05) is 5.32 Å². The number of nitrogens with one attached hydrogen (secondary N) is 2. The van der Waals surface area contributed by atoms with Crippen molar-refractivity contribution in [2.45, 2.75) is 12.6 Å². The smallest absolute Gasteiger partial charge is 0.431 e. The van der Waals surface area contributed by atoms with Crippen LogP contribution in [-0.4, -0.2) is 10.9 Å². The van der Waals surface area contributed by atoms with E-state index in [0.29, 0.717) is 22.4 Å². The number of furan rings is 1. The molecule has 114 valence electrons. The molecular weight excluding hydrogens is 297 g/mol. The average molecular weight is 308 g/mol. The molecule has 0 saturated heterocycles. The molecule has 0 aliphatic carbocycles. The zero-order chi connectivity index (χ0) is 15.7. The number of alkyl halides is 3. The first-order chi connectivity index (χ1) is 10.4. The molecule has 1 amide bonds. The molecule has 0 saturated carbocycles. The van der Waals surface area contributed by atoms with E-state index in [1.807, 2.05) is 0 Å². The van der Waals surface area contributed by atoms with Gasteiger partial charge in [0, 0.05) is 16.6 Å². The highest BCUT2D eigenvalue weighted by atomic mass is 19.4. The van der Waals surface area contributed by atoms with Gasteiger partial charge in [-0.25, -0.2) is 0 Å². The van der Waals surface area contributed by atoms with Gasteiger partial charge in [0.05, 0.1) is 12.7 Å². The Bertz CT molecular complexity index is 804. The summed E-state index contributed by atoms with van der Waals surface area (Å²) >= 11 is 0. The lowest BCUT2D eigenvalue weighted by Gasteiger charge is -2.04. The molecule has 0 aliphatic heterocycles. The molecule has 2 N–H and O–H groups in total. The van der Waals surface area contributed by atoms with Gasteiger partial charge in [-0.1, -0.05) is 0 Å². The number of aromatic nitrogens is 1. The third-order valence-electron chi connectivity index (χ3n) is 3.12. The summed E-state index contributed by atoms with van der Waals surface area (Å²) in [5.74, 6) is 0.209. The first-order valence-corrected chi connectivity index (χ1v) is 6.44. The van der Waals surface area contributed by atoms with Gasteiger partial charge in [-0.2, -0.15) is 13.2 Å². The van der Waals surface area contributed by atoms with E-state index in [9.17, 15) is 18.0 Å². The number of carbonyl (C=O) groups is 1. The summed E-state index contributed by atoms with van der Waals surface area (Å²) in [5.41, 5.74) is -0.0327. The van der Waals surface area contributed by atoms with Crippen LogP contribution < -0.4 is 5.32 Å². The predicted molar refractivity (Wildman–Crippen MR) is 74.3 cm³/mol. The SMILES string of the molecule is O=C(Cc1ccco1)Nc1ccc2[nH]c(C(F)(F)F)cc2c1. The molecule has 0 radical (unpaired) electrons. The van der Waals surface area contributed by atoms with Crippen LogP contribution in [0.25, 0.3) is 10.9 Å². The van der Waals surface area contributed by atoms with Crippen LogP contribution in [0.4, 0.5) is 18.9 Å². The van der Waals surface area contributed by atoms with Crippen molar-refractivity contribution in [3.63, 3.8) is 0 Å². The Balaban J connectivity index is 1.78. The number of rotatable bonds is 3. The molecule has 7 heteroatoms. The van der Waals surface area contributed by atoms with Gasteiger partial charge in [0.15, 0.2) is 0 Å². The summed E-state index contributed by atoms with van der Waals surface area (Å²) in [6.45, 7) is 0. The van der Waals surface area contributed by atoms with Gasteiger partial charge in [-0.3, -0.25) is 4.79 Å². The van der Waals surface area contributed by atoms with Gasteiger partial charge in [0.2, 0.25) is 5.91 Å². The fourth-order valence-electron chi connectivity index (χ4n) is 2.14. The largest absolute Gasteiger partial charge is 0.469 e. The molecule has 1 aromatic carbocycles. The second-order valence-electron chi connectivity index (χ2n) is 4.79. The maximum absolute atomic E-state index is 12.6. The third kappa shape index (κ3) is 2.98. The van der Waals surface area contributed by atoms with E-state index in [4.69, 9.17) is 4.42 Å². The summed E-state index contributed by atoms with van der Waals surface area (Å²) in [6, 6.07) is 8.88. The number of halogens is 3. The van der Waals surface area contributed by atoms with Crippen LogP contribution in [0, 0.1) is 0 Å². The van der Waals surface area contributed by atoms with Crippen LogP contribution in [-0.2, 0) is 17.4 Å². The highest BCUT2D eigenvalue weighted by Gasteiger charge is 2.32. The Morgan fingerprint density at radius 1 is 1.23 bits per heavy atom. The maximum Gasteiger partial charge on any atom is 0.431 e. The van der Waals surface area contributed by atoms with Gasteiger partial charge in [-0.05, 0) is 36.4 Å². The highest BCUT2D eigenvalue weighted by molar-refractivity contribution is 5.94. The van der Waals surface area contributed by atoms with Crippen molar-refractivity contribution in [3.05, 3.63) is 54.1 Å². The minimum atomic E-state index is -4.43. The second kappa shape index (κ2) is 5.25. The number of amides is 1. The summed E-state index contributed by atoms with van der Waals surface area (Å²) in [7, 11) is 0. The van der Waals surface area contributed by atoms with Crippen molar-refractivity contribution < 1.29 is 22.4 Å². The minimum Gasteiger partial charge on any atom is -0.469 e. The molecule has 0 aliphatic rings. The predicted octanol–water partition coefficient (Wildman–Crippen LogP) is 3.96. The molecular formula is C15H11F3N2O2. The number of anilines is 1. The Labute approximate surface area is 122 Å². The van der Waals surface area contributed by atoms with Crippen molar-refractivity contribution in [1.82, 2.24) is 4.98 Å². The first-order valence-electron chi connectivity index (χ1n) is 6.44. The molecule has 2 heterocycles. The molecule has 2 aromatic heterocycles. The standard InChI is InChI=1S/C15H11F3N2O2/c16-15(17,18)13-7-9-6-10(3-4-12(9)20-13)19-14(21)8-11-2-1-5-22-11/h1-7,20H,8H2,(H,19,21). The van der Waals surface area contributed by atoms with Gasteiger partial charge < -0.3 is 14.7 Å². The van der Waals surface area contributed by atoms with E-state index in [0.717, 1.165) is 6.07 Å². The van der Waals surface area contributed by atoms with Crippen molar-refractivity contribution in [3.8, 4) is 0 Å². The van der Waals surface area contributed by atoms with Crippen LogP contribution in [0.15, 0.2) is 47.1 Å². The Kier molecular flexibility index (Phi) is 3.40. The number of hydrogen-bond donors (Lipinski definition) is 2. The van der Waals surface area contributed by atoms with E-state index in [1.165, 1.54) is 18.4 Å². The molecule has 0 spiro atoms. The van der Waals surface area contributed by atoms with E-state index >= 15 is 0 Å². The minimum absolute atomic E-state index is 0.0615. The van der Waals surface area contributed by atoms with Crippen molar-refractivity contribution >= 4 is 22.5 Å². The lowest BCUT2D eigenvalue weighted by Crippen LogP contribution is -2.13. The molecule has 0 bridgehead atoms. The van der Waals surface area contributed by atoms with Gasteiger partial charge in [-0.15, -0.1) is 0 Å². The number of H-pyrrole nitrogens is 1. The number of benzene rings is 1. The van der Waals surface area contributed by atoms with Crippen LogP contribution in [0.3, 0.4) is 0 Å². The van der Waals surface area contributed by atoms with E-state index in [-0.39, 0.29) is 12.3 Å². The van der Waals surface area contributed by atoms with Gasteiger partial charge >= 0.3 is 6.18 Å². The van der Waals surface area contributed by atoms with E-state index in [1.54, 1.807) is 18.2 Å². The molecule has 0 unspecified atom stereocenters. The topological polar surface area (TPSA) is 58.0 Å². The molecule has 0 fully saturated rings. The van der Waals surface area contributed by atoms with E-state index in [2.05, 4.69) is 10.3 Å². The summed E-state index contributed by atoms with van der Waals surface area (Å²) < 4.78 is 43.0. The second-order valence-corrected chi connectivity index (χ2v) is 4.79. The summed E-state index contributed by atoms with van der Waals surface area (Å²) in [4.78, 5) is 14.1. The normalized spacial score (nSPS) is 11.8. The number of aromatic amines is 1. The molecule has 0 atom stereocenters. The Hall–Kier alpha value is -2.70. The van der Waals surface area contributed by atoms with Crippen molar-refractivity contribution in [2.24, 2.45) is 0 Å². The number of hydrogen-bond acceptors (Lipinski definition) is 2. The van der Waals surface area contributed by atoms with Crippen LogP contribution in [0.1, 0.15) is 11.5 Å². The van der Waals surface area contributed by atoms with Crippen molar-refractivity contribution in [1.29, 1.82) is 0 Å². The van der Waals surface area contributed by atoms with E-state index < -0.39 is 11.9 Å². The molecule has 3 rings (SSSR count).